The van der Waals surface area contributed by atoms with Crippen molar-refractivity contribution in [3.63, 3.8) is 0 Å². The van der Waals surface area contributed by atoms with Crippen molar-refractivity contribution < 1.29 is 4.74 Å². The zero-order valence-corrected chi connectivity index (χ0v) is 11.6. The fourth-order valence-electron chi connectivity index (χ4n) is 1.82. The second-order valence-electron chi connectivity index (χ2n) is 4.40. The third-order valence-electron chi connectivity index (χ3n) is 3.03. The molecule has 1 unspecified atom stereocenters. The molecule has 1 aromatic carbocycles. The van der Waals surface area contributed by atoms with Gasteiger partial charge in [0.15, 0.2) is 0 Å². The lowest BCUT2D eigenvalue weighted by Crippen LogP contribution is -2.05. The number of ether oxygens (including phenoxy) is 1. The van der Waals surface area contributed by atoms with Crippen LogP contribution in [0.3, 0.4) is 0 Å². The molecule has 1 aromatic rings. The second-order valence-corrected chi connectivity index (χ2v) is 4.76. The van der Waals surface area contributed by atoms with E-state index in [4.69, 9.17) is 4.74 Å². The summed E-state index contributed by atoms with van der Waals surface area (Å²) in [4.78, 5) is 0. The van der Waals surface area contributed by atoms with E-state index in [1.807, 2.05) is 6.92 Å². The van der Waals surface area contributed by atoms with Crippen LogP contribution >= 0.6 is 12.6 Å². The Hall–Kier alpha value is -0.630. The fourth-order valence-corrected chi connectivity index (χ4v) is 1.95. The summed E-state index contributed by atoms with van der Waals surface area (Å²) in [6, 6.07) is 4.28. The minimum atomic E-state index is 0.624. The van der Waals surface area contributed by atoms with Crippen molar-refractivity contribution in [2.75, 3.05) is 12.4 Å². The Balaban J connectivity index is 2.93. The minimum Gasteiger partial charge on any atom is -0.494 e. The summed E-state index contributed by atoms with van der Waals surface area (Å²) in [7, 11) is 0. The zero-order valence-electron chi connectivity index (χ0n) is 10.7. The molecule has 0 spiro atoms. The number of hydrogen-bond acceptors (Lipinski definition) is 2. The SMILES string of the molecule is CCOc1ccc(CC(C)CS)c(C)c1C. The van der Waals surface area contributed by atoms with Gasteiger partial charge in [0.25, 0.3) is 0 Å². The van der Waals surface area contributed by atoms with Crippen LogP contribution in [0.5, 0.6) is 5.75 Å². The molecule has 0 heterocycles. The van der Waals surface area contributed by atoms with Crippen LogP contribution in [0.25, 0.3) is 0 Å². The molecule has 0 amide bonds. The summed E-state index contributed by atoms with van der Waals surface area (Å²) in [6.07, 6.45) is 1.10. The molecule has 0 radical (unpaired) electrons. The van der Waals surface area contributed by atoms with Crippen LogP contribution in [0.1, 0.15) is 30.5 Å². The molecular weight excluding hydrogens is 216 g/mol. The van der Waals surface area contributed by atoms with Gasteiger partial charge in [-0.15, -0.1) is 0 Å². The first-order valence-corrected chi connectivity index (χ1v) is 6.56. The Kier molecular flexibility index (Phi) is 5.20. The summed E-state index contributed by atoms with van der Waals surface area (Å²) in [5, 5.41) is 0. The summed E-state index contributed by atoms with van der Waals surface area (Å²) >= 11 is 4.33. The quantitative estimate of drug-likeness (QED) is 0.767. The van der Waals surface area contributed by atoms with Crippen molar-refractivity contribution in [2.24, 2.45) is 5.92 Å². The maximum absolute atomic E-state index is 5.59. The number of hydrogen-bond donors (Lipinski definition) is 1. The normalized spacial score (nSPS) is 12.6. The van der Waals surface area contributed by atoms with Gasteiger partial charge in [0, 0.05) is 0 Å². The van der Waals surface area contributed by atoms with Gasteiger partial charge in [0.1, 0.15) is 5.75 Å². The standard InChI is InChI=1S/C14H22OS/c1-5-15-14-7-6-13(8-10(2)9-16)11(3)12(14)4/h6-7,10,16H,5,8-9H2,1-4H3. The summed E-state index contributed by atoms with van der Waals surface area (Å²) < 4.78 is 5.59. The summed E-state index contributed by atoms with van der Waals surface area (Å²) in [5.41, 5.74) is 4.05. The smallest absolute Gasteiger partial charge is 0.122 e. The lowest BCUT2D eigenvalue weighted by atomic mass is 9.95. The molecule has 0 bridgehead atoms. The molecule has 0 fully saturated rings. The first kappa shape index (κ1) is 13.4. The fraction of sp³-hybridized carbons (Fsp3) is 0.571. The Morgan fingerprint density at radius 1 is 1.25 bits per heavy atom. The largest absolute Gasteiger partial charge is 0.494 e. The highest BCUT2D eigenvalue weighted by Crippen LogP contribution is 2.26. The maximum Gasteiger partial charge on any atom is 0.122 e. The molecule has 90 valence electrons. The monoisotopic (exact) mass is 238 g/mol. The van der Waals surface area contributed by atoms with E-state index in [9.17, 15) is 0 Å². The Morgan fingerprint density at radius 3 is 2.50 bits per heavy atom. The summed E-state index contributed by atoms with van der Waals surface area (Å²) in [5.74, 6) is 2.58. The van der Waals surface area contributed by atoms with Crippen LogP contribution < -0.4 is 4.74 Å². The predicted molar refractivity (Wildman–Crippen MR) is 73.8 cm³/mol. The van der Waals surface area contributed by atoms with Crippen molar-refractivity contribution >= 4 is 12.6 Å². The van der Waals surface area contributed by atoms with E-state index in [2.05, 4.69) is 45.5 Å². The lowest BCUT2D eigenvalue weighted by Gasteiger charge is -2.15. The highest BCUT2D eigenvalue weighted by molar-refractivity contribution is 7.80. The van der Waals surface area contributed by atoms with Gasteiger partial charge in [-0.2, -0.15) is 12.6 Å². The van der Waals surface area contributed by atoms with Crippen LogP contribution in [0.2, 0.25) is 0 Å². The van der Waals surface area contributed by atoms with Gasteiger partial charge in [0.05, 0.1) is 6.61 Å². The summed E-state index contributed by atoms with van der Waals surface area (Å²) in [6.45, 7) is 9.30. The van der Waals surface area contributed by atoms with E-state index in [0.29, 0.717) is 5.92 Å². The van der Waals surface area contributed by atoms with Crippen LogP contribution in [0.4, 0.5) is 0 Å². The van der Waals surface area contributed by atoms with E-state index < -0.39 is 0 Å². The van der Waals surface area contributed by atoms with Gasteiger partial charge in [-0.05, 0) is 61.6 Å². The molecule has 0 aliphatic rings. The van der Waals surface area contributed by atoms with E-state index in [-0.39, 0.29) is 0 Å². The average molecular weight is 238 g/mol. The first-order valence-electron chi connectivity index (χ1n) is 5.92. The molecule has 16 heavy (non-hydrogen) atoms. The molecule has 0 saturated carbocycles. The van der Waals surface area contributed by atoms with Crippen molar-refractivity contribution in [1.29, 1.82) is 0 Å². The zero-order chi connectivity index (χ0) is 12.1. The van der Waals surface area contributed by atoms with Gasteiger partial charge < -0.3 is 4.74 Å². The number of rotatable bonds is 5. The first-order chi connectivity index (χ1) is 7.60. The van der Waals surface area contributed by atoms with Crippen molar-refractivity contribution in [2.45, 2.75) is 34.1 Å². The molecule has 0 aliphatic heterocycles. The second kappa shape index (κ2) is 6.19. The predicted octanol–water partition coefficient (Wildman–Crippen LogP) is 3.81. The molecule has 0 aliphatic carbocycles. The van der Waals surface area contributed by atoms with Crippen molar-refractivity contribution in [3.8, 4) is 5.75 Å². The molecule has 2 heteroatoms. The molecule has 1 rings (SSSR count). The van der Waals surface area contributed by atoms with Crippen molar-refractivity contribution in [1.82, 2.24) is 0 Å². The van der Waals surface area contributed by atoms with Gasteiger partial charge in [0.2, 0.25) is 0 Å². The van der Waals surface area contributed by atoms with Crippen LogP contribution in [0, 0.1) is 19.8 Å². The molecule has 0 saturated heterocycles. The molecular formula is C14H22OS. The highest BCUT2D eigenvalue weighted by atomic mass is 32.1. The molecule has 1 nitrogen and oxygen atoms in total. The number of benzene rings is 1. The Labute approximate surface area is 105 Å². The Morgan fingerprint density at radius 2 is 1.94 bits per heavy atom. The van der Waals surface area contributed by atoms with E-state index in [1.54, 1.807) is 0 Å². The van der Waals surface area contributed by atoms with Crippen molar-refractivity contribution in [3.05, 3.63) is 28.8 Å². The average Bonchev–Trinajstić information content (AvgIpc) is 2.28. The topological polar surface area (TPSA) is 9.23 Å². The lowest BCUT2D eigenvalue weighted by molar-refractivity contribution is 0.337. The van der Waals surface area contributed by atoms with Gasteiger partial charge in [-0.3, -0.25) is 0 Å². The maximum atomic E-state index is 5.59. The third-order valence-corrected chi connectivity index (χ3v) is 3.65. The van der Waals surface area contributed by atoms with Gasteiger partial charge in [-0.1, -0.05) is 13.0 Å². The highest BCUT2D eigenvalue weighted by Gasteiger charge is 2.09. The van der Waals surface area contributed by atoms with E-state index >= 15 is 0 Å². The van der Waals surface area contributed by atoms with E-state index in [1.165, 1.54) is 16.7 Å². The molecule has 0 N–H and O–H groups in total. The van der Waals surface area contributed by atoms with Gasteiger partial charge in [-0.25, -0.2) is 0 Å². The van der Waals surface area contributed by atoms with E-state index in [0.717, 1.165) is 24.5 Å². The number of thiol groups is 1. The minimum absolute atomic E-state index is 0.624. The third kappa shape index (κ3) is 3.18. The van der Waals surface area contributed by atoms with Crippen LogP contribution in [-0.4, -0.2) is 12.4 Å². The van der Waals surface area contributed by atoms with Crippen LogP contribution in [0.15, 0.2) is 12.1 Å². The Bertz CT molecular complexity index is 347. The van der Waals surface area contributed by atoms with Crippen LogP contribution in [-0.2, 0) is 6.42 Å². The molecule has 1 atom stereocenters. The van der Waals surface area contributed by atoms with Gasteiger partial charge >= 0.3 is 0 Å². The molecule has 0 aromatic heterocycles.